The lowest BCUT2D eigenvalue weighted by Gasteiger charge is -2.32. The number of ether oxygens (including phenoxy) is 1. The fraction of sp³-hybridized carbons (Fsp3) is 0.595. The Morgan fingerprint density at radius 3 is 2.02 bits per heavy atom. The summed E-state index contributed by atoms with van der Waals surface area (Å²) in [5.41, 5.74) is 6.24. The van der Waals surface area contributed by atoms with Gasteiger partial charge in [0.1, 0.15) is 11.5 Å². The van der Waals surface area contributed by atoms with Gasteiger partial charge in [0.05, 0.1) is 0 Å². The van der Waals surface area contributed by atoms with Crippen molar-refractivity contribution in [1.82, 2.24) is 0 Å². The molecule has 0 spiro atoms. The van der Waals surface area contributed by atoms with E-state index in [-0.39, 0.29) is 16.7 Å². The number of carbonyl (C=O) groups is 1. The van der Waals surface area contributed by atoms with Gasteiger partial charge in [-0.05, 0) is 66.0 Å². The molecule has 3 nitrogen and oxygen atoms in total. The number of phenolic OH excluding ortho intramolecular Hbond substituents is 1. The summed E-state index contributed by atoms with van der Waals surface area (Å²) in [5, 5.41) is 11.8. The van der Waals surface area contributed by atoms with Gasteiger partial charge in [-0.3, -0.25) is 0 Å². The molecule has 3 heteroatoms. The van der Waals surface area contributed by atoms with Gasteiger partial charge in [-0.15, -0.1) is 0 Å². The average molecular weight is 549 g/mol. The fourth-order valence-corrected chi connectivity index (χ4v) is 5.30. The third kappa shape index (κ3) is 8.24. The Morgan fingerprint density at radius 1 is 0.875 bits per heavy atom. The topological polar surface area (TPSA) is 46.5 Å². The van der Waals surface area contributed by atoms with Crippen LogP contribution in [0.15, 0.2) is 36.9 Å². The maximum atomic E-state index is 12.6. The van der Waals surface area contributed by atoms with Gasteiger partial charge in [0.25, 0.3) is 0 Å². The number of hydrogen-bond acceptors (Lipinski definition) is 3. The summed E-state index contributed by atoms with van der Waals surface area (Å²) in [5.74, 6) is 0.396. The summed E-state index contributed by atoms with van der Waals surface area (Å²) < 4.78 is 6.02. The molecule has 2 rings (SSSR count). The molecular formula is C37H56O3. The Hall–Kier alpha value is -2.55. The minimum atomic E-state index is -0.443. The third-order valence-electron chi connectivity index (χ3n) is 9.09. The Bertz CT molecular complexity index is 1140. The highest BCUT2D eigenvalue weighted by atomic mass is 16.5. The third-order valence-corrected chi connectivity index (χ3v) is 9.09. The van der Waals surface area contributed by atoms with Crippen molar-refractivity contribution in [2.75, 3.05) is 0 Å². The van der Waals surface area contributed by atoms with Gasteiger partial charge in [-0.25, -0.2) is 4.79 Å². The zero-order chi connectivity index (χ0) is 30.1. The van der Waals surface area contributed by atoms with Crippen LogP contribution >= 0.6 is 0 Å². The van der Waals surface area contributed by atoms with Crippen molar-refractivity contribution in [3.63, 3.8) is 0 Å². The van der Waals surface area contributed by atoms with Gasteiger partial charge in [-0.2, -0.15) is 0 Å². The Morgan fingerprint density at radius 2 is 1.48 bits per heavy atom. The first-order chi connectivity index (χ1) is 18.9. The highest BCUT2D eigenvalue weighted by Crippen LogP contribution is 2.46. The molecule has 1 unspecified atom stereocenters. The van der Waals surface area contributed by atoms with Crippen LogP contribution < -0.4 is 4.74 Å². The number of hydrogen-bond donors (Lipinski definition) is 1. The molecule has 0 radical (unpaired) electrons. The number of esters is 1. The predicted octanol–water partition coefficient (Wildman–Crippen LogP) is 10.5. The molecule has 222 valence electrons. The van der Waals surface area contributed by atoms with Crippen LogP contribution in [0, 0.1) is 0 Å². The van der Waals surface area contributed by atoms with Crippen LogP contribution in [-0.4, -0.2) is 11.1 Å². The molecule has 2 aromatic carbocycles. The Balaban J connectivity index is 2.86. The lowest BCUT2D eigenvalue weighted by Crippen LogP contribution is -2.21. The molecule has 0 aliphatic carbocycles. The van der Waals surface area contributed by atoms with E-state index in [4.69, 9.17) is 4.74 Å². The molecule has 0 saturated heterocycles. The number of aryl methyl sites for hydroxylation is 2. The van der Waals surface area contributed by atoms with Crippen LogP contribution in [0.25, 0.3) is 0 Å². The minimum absolute atomic E-state index is 0.0355. The number of unbranched alkanes of at least 4 members (excludes halogenated alkanes) is 4. The maximum absolute atomic E-state index is 12.6. The van der Waals surface area contributed by atoms with Gasteiger partial charge < -0.3 is 9.84 Å². The van der Waals surface area contributed by atoms with E-state index in [1.54, 1.807) is 0 Å². The average Bonchev–Trinajstić information content (AvgIpc) is 2.93. The molecule has 0 aliphatic heterocycles. The van der Waals surface area contributed by atoms with E-state index in [1.807, 2.05) is 0 Å². The van der Waals surface area contributed by atoms with Gasteiger partial charge in [-0.1, -0.05) is 119 Å². The van der Waals surface area contributed by atoms with Crippen LogP contribution in [0.3, 0.4) is 0 Å². The largest absolute Gasteiger partial charge is 0.507 e. The summed E-state index contributed by atoms with van der Waals surface area (Å²) in [4.78, 5) is 12.6. The minimum Gasteiger partial charge on any atom is -0.507 e. The maximum Gasteiger partial charge on any atom is 0.335 e. The quantitative estimate of drug-likeness (QED) is 0.0982. The standard InChI is InChI=1S/C37H56O3/c1-11-16-18-20-27-22-28(21-19-17-12-2)35(40-33(38)13-3)31(23-27)26(6)30-24-29(36(7,8)14-4)25-32(34(30)39)37(9,10)15-5/h13,22-26,39H,3,11-12,14-21H2,1-2,4-10H3. The first-order valence-electron chi connectivity index (χ1n) is 15.7. The molecular weight excluding hydrogens is 492 g/mol. The van der Waals surface area contributed by atoms with Crippen molar-refractivity contribution in [2.24, 2.45) is 0 Å². The van der Waals surface area contributed by atoms with E-state index in [1.165, 1.54) is 30.0 Å². The summed E-state index contributed by atoms with van der Waals surface area (Å²) in [6, 6.07) is 8.87. The van der Waals surface area contributed by atoms with E-state index in [0.29, 0.717) is 11.5 Å². The molecule has 0 fully saturated rings. The number of carbonyl (C=O) groups excluding carboxylic acids is 1. The molecule has 40 heavy (non-hydrogen) atoms. The molecule has 2 aromatic rings. The van der Waals surface area contributed by atoms with Crippen molar-refractivity contribution in [1.29, 1.82) is 0 Å². The smallest absolute Gasteiger partial charge is 0.335 e. The van der Waals surface area contributed by atoms with Crippen molar-refractivity contribution in [3.8, 4) is 11.5 Å². The lowest BCUT2D eigenvalue weighted by atomic mass is 9.73. The molecule has 0 saturated carbocycles. The highest BCUT2D eigenvalue weighted by Gasteiger charge is 2.31. The van der Waals surface area contributed by atoms with E-state index in [2.05, 4.69) is 93.2 Å². The summed E-state index contributed by atoms with van der Waals surface area (Å²) in [6.45, 7) is 23.6. The first kappa shape index (κ1) is 33.7. The first-order valence-corrected chi connectivity index (χ1v) is 15.7. The molecule has 0 heterocycles. The SMILES string of the molecule is C=CC(=O)Oc1c(CCCCC)cc(CCCCC)cc1C(C)c1cc(C(C)(C)CC)cc(C(C)(C)CC)c1O. The monoisotopic (exact) mass is 548 g/mol. The molecule has 0 aromatic heterocycles. The number of benzene rings is 2. The summed E-state index contributed by atoms with van der Waals surface area (Å²) in [7, 11) is 0. The van der Waals surface area contributed by atoms with Gasteiger partial charge >= 0.3 is 5.97 Å². The van der Waals surface area contributed by atoms with Crippen LogP contribution in [0.2, 0.25) is 0 Å². The number of aromatic hydroxyl groups is 1. The second-order valence-electron chi connectivity index (χ2n) is 12.9. The lowest BCUT2D eigenvalue weighted by molar-refractivity contribution is -0.129. The van der Waals surface area contributed by atoms with Gasteiger partial charge in [0, 0.05) is 28.7 Å². The van der Waals surface area contributed by atoms with E-state index >= 15 is 0 Å². The van der Waals surface area contributed by atoms with E-state index in [0.717, 1.165) is 73.6 Å². The van der Waals surface area contributed by atoms with Gasteiger partial charge in [0.2, 0.25) is 0 Å². The van der Waals surface area contributed by atoms with Crippen molar-refractivity contribution >= 4 is 5.97 Å². The van der Waals surface area contributed by atoms with Crippen LogP contribution in [0.1, 0.15) is 153 Å². The van der Waals surface area contributed by atoms with E-state index < -0.39 is 5.97 Å². The molecule has 1 atom stereocenters. The number of rotatable bonds is 16. The van der Waals surface area contributed by atoms with Crippen molar-refractivity contribution in [2.45, 2.75) is 143 Å². The van der Waals surface area contributed by atoms with Crippen LogP contribution in [0.5, 0.6) is 11.5 Å². The molecule has 0 bridgehead atoms. The van der Waals surface area contributed by atoms with Crippen LogP contribution in [0.4, 0.5) is 0 Å². The second kappa shape index (κ2) is 14.9. The normalized spacial score (nSPS) is 12.8. The van der Waals surface area contributed by atoms with Crippen molar-refractivity contribution in [3.05, 3.63) is 70.3 Å². The van der Waals surface area contributed by atoms with Crippen LogP contribution in [-0.2, 0) is 28.5 Å². The second-order valence-corrected chi connectivity index (χ2v) is 12.9. The highest BCUT2D eigenvalue weighted by molar-refractivity contribution is 5.84. The molecule has 1 N–H and O–H groups in total. The Labute approximate surface area is 245 Å². The fourth-order valence-electron chi connectivity index (χ4n) is 5.30. The predicted molar refractivity (Wildman–Crippen MR) is 171 cm³/mol. The summed E-state index contributed by atoms with van der Waals surface area (Å²) >= 11 is 0. The Kier molecular flexibility index (Phi) is 12.5. The molecule has 0 amide bonds. The summed E-state index contributed by atoms with van der Waals surface area (Å²) in [6.07, 6.45) is 11.8. The zero-order valence-electron chi connectivity index (χ0n) is 27.0. The number of phenols is 1. The van der Waals surface area contributed by atoms with Crippen molar-refractivity contribution < 1.29 is 14.6 Å². The zero-order valence-corrected chi connectivity index (χ0v) is 27.0. The van der Waals surface area contributed by atoms with Gasteiger partial charge in [0.15, 0.2) is 0 Å². The van der Waals surface area contributed by atoms with E-state index in [9.17, 15) is 9.90 Å². The molecule has 0 aliphatic rings.